The highest BCUT2D eigenvalue weighted by Crippen LogP contribution is 2.23. The number of primary amides is 1. The van der Waals surface area contributed by atoms with Gasteiger partial charge in [0.1, 0.15) is 5.82 Å². The van der Waals surface area contributed by atoms with Gasteiger partial charge in [-0.2, -0.15) is 0 Å². The molecule has 1 aromatic carbocycles. The van der Waals surface area contributed by atoms with Crippen LogP contribution in [0.3, 0.4) is 0 Å². The predicted octanol–water partition coefficient (Wildman–Crippen LogP) is 5.30. The van der Waals surface area contributed by atoms with E-state index in [0.29, 0.717) is 35.4 Å². The molecule has 0 radical (unpaired) electrons. The molecule has 0 saturated carbocycles. The molecule has 0 spiro atoms. The quantitative estimate of drug-likeness (QED) is 0.453. The van der Waals surface area contributed by atoms with Gasteiger partial charge in [0.05, 0.1) is 11.3 Å². The molecule has 8 heteroatoms. The number of nitrogens with two attached hydrogens (primary N) is 1. The maximum atomic E-state index is 13.3. The summed E-state index contributed by atoms with van der Waals surface area (Å²) >= 11 is 0. The Morgan fingerprint density at radius 2 is 1.78 bits per heavy atom. The van der Waals surface area contributed by atoms with Gasteiger partial charge < -0.3 is 20.9 Å². The van der Waals surface area contributed by atoms with Crippen molar-refractivity contribution < 1.29 is 14.0 Å². The van der Waals surface area contributed by atoms with Gasteiger partial charge in [-0.05, 0) is 94.7 Å². The SMILES string of the molecule is Cc1cc(CC[C@@H](C)N2CCC(N(CCC(C)C)C(=O)Nc3ccc(F)cc3)CC2)nc(C)c1C(N)=O. The number of hydrogen-bond donors (Lipinski definition) is 2. The lowest BCUT2D eigenvalue weighted by Gasteiger charge is -2.41. The van der Waals surface area contributed by atoms with Crippen LogP contribution < -0.4 is 11.1 Å². The lowest BCUT2D eigenvalue weighted by Crippen LogP contribution is -2.51. The summed E-state index contributed by atoms with van der Waals surface area (Å²) < 4.78 is 13.3. The lowest BCUT2D eigenvalue weighted by molar-refractivity contribution is 0.0992. The maximum absolute atomic E-state index is 13.3. The molecule has 0 aliphatic carbocycles. The van der Waals surface area contributed by atoms with Crippen LogP contribution in [0.2, 0.25) is 0 Å². The molecule has 202 valence electrons. The molecule has 1 saturated heterocycles. The van der Waals surface area contributed by atoms with E-state index in [0.717, 1.165) is 56.5 Å². The first-order valence-electron chi connectivity index (χ1n) is 13.4. The van der Waals surface area contributed by atoms with Crippen molar-refractivity contribution in [3.05, 3.63) is 58.7 Å². The zero-order chi connectivity index (χ0) is 27.1. The first-order valence-corrected chi connectivity index (χ1v) is 13.4. The fourth-order valence-corrected chi connectivity index (χ4v) is 5.17. The number of halogens is 1. The number of aromatic nitrogens is 1. The molecule has 1 aliphatic heterocycles. The summed E-state index contributed by atoms with van der Waals surface area (Å²) in [6, 6.07) is 8.33. The number of nitrogens with zero attached hydrogens (tertiary/aromatic N) is 3. The van der Waals surface area contributed by atoms with E-state index < -0.39 is 5.91 Å². The number of anilines is 1. The third-order valence-electron chi connectivity index (χ3n) is 7.38. The zero-order valence-corrected chi connectivity index (χ0v) is 22.9. The summed E-state index contributed by atoms with van der Waals surface area (Å²) in [5, 5.41) is 2.95. The lowest BCUT2D eigenvalue weighted by atomic mass is 9.98. The zero-order valence-electron chi connectivity index (χ0n) is 22.9. The Hall–Kier alpha value is -3.00. The van der Waals surface area contributed by atoms with Crippen molar-refractivity contribution in [1.82, 2.24) is 14.8 Å². The van der Waals surface area contributed by atoms with Crippen LogP contribution in [0, 0.1) is 25.6 Å². The second-order valence-corrected chi connectivity index (χ2v) is 10.7. The third kappa shape index (κ3) is 7.99. The number of pyridine rings is 1. The number of carbonyl (C=O) groups is 2. The smallest absolute Gasteiger partial charge is 0.322 e. The molecule has 1 aromatic heterocycles. The van der Waals surface area contributed by atoms with Crippen LogP contribution in [0.4, 0.5) is 14.9 Å². The van der Waals surface area contributed by atoms with Gasteiger partial charge in [-0.3, -0.25) is 9.78 Å². The molecule has 37 heavy (non-hydrogen) atoms. The number of urea groups is 1. The summed E-state index contributed by atoms with van der Waals surface area (Å²) in [6.45, 7) is 12.9. The summed E-state index contributed by atoms with van der Waals surface area (Å²) in [6.07, 6.45) is 4.58. The van der Waals surface area contributed by atoms with Crippen LogP contribution in [0.15, 0.2) is 30.3 Å². The van der Waals surface area contributed by atoms with E-state index in [1.807, 2.05) is 24.8 Å². The topological polar surface area (TPSA) is 91.6 Å². The molecule has 1 atom stereocenters. The van der Waals surface area contributed by atoms with Gasteiger partial charge in [-0.15, -0.1) is 0 Å². The average Bonchev–Trinajstić information content (AvgIpc) is 2.83. The van der Waals surface area contributed by atoms with Crippen LogP contribution >= 0.6 is 0 Å². The highest BCUT2D eigenvalue weighted by Gasteiger charge is 2.29. The van der Waals surface area contributed by atoms with Crippen molar-refractivity contribution in [3.63, 3.8) is 0 Å². The Bertz CT molecular complexity index is 1040. The number of aryl methyl sites for hydroxylation is 3. The molecule has 0 unspecified atom stereocenters. The number of likely N-dealkylation sites (tertiary alicyclic amines) is 1. The Labute approximate surface area is 220 Å². The Morgan fingerprint density at radius 1 is 1.14 bits per heavy atom. The largest absolute Gasteiger partial charge is 0.366 e. The Balaban J connectivity index is 1.56. The Kier molecular flexibility index (Phi) is 10.0. The van der Waals surface area contributed by atoms with E-state index in [4.69, 9.17) is 5.73 Å². The number of hydrogen-bond acceptors (Lipinski definition) is 4. The van der Waals surface area contributed by atoms with Crippen molar-refractivity contribution in [1.29, 1.82) is 0 Å². The second-order valence-electron chi connectivity index (χ2n) is 10.7. The van der Waals surface area contributed by atoms with Crippen LogP contribution in [0.25, 0.3) is 0 Å². The minimum Gasteiger partial charge on any atom is -0.366 e. The summed E-state index contributed by atoms with van der Waals surface area (Å²) in [7, 11) is 0. The summed E-state index contributed by atoms with van der Waals surface area (Å²) in [5.41, 5.74) is 9.17. The molecular formula is C29H42FN5O2. The van der Waals surface area contributed by atoms with Gasteiger partial charge in [0, 0.05) is 43.1 Å². The number of amides is 3. The first kappa shape index (κ1) is 28.6. The monoisotopic (exact) mass is 511 g/mol. The number of benzene rings is 1. The average molecular weight is 512 g/mol. The molecule has 3 N–H and O–H groups in total. The van der Waals surface area contributed by atoms with Crippen molar-refractivity contribution in [2.24, 2.45) is 11.7 Å². The molecule has 0 bridgehead atoms. The summed E-state index contributed by atoms with van der Waals surface area (Å²) in [4.78, 5) is 33.9. The van der Waals surface area contributed by atoms with E-state index in [9.17, 15) is 14.0 Å². The maximum Gasteiger partial charge on any atom is 0.322 e. The molecular weight excluding hydrogens is 469 g/mol. The van der Waals surface area contributed by atoms with Crippen molar-refractivity contribution in [2.45, 2.75) is 78.8 Å². The third-order valence-corrected chi connectivity index (χ3v) is 7.38. The van der Waals surface area contributed by atoms with Gasteiger partial charge >= 0.3 is 6.03 Å². The summed E-state index contributed by atoms with van der Waals surface area (Å²) in [5.74, 6) is -0.252. The molecule has 3 amide bonds. The molecule has 3 rings (SSSR count). The molecule has 1 fully saturated rings. The van der Waals surface area contributed by atoms with Crippen molar-refractivity contribution in [3.8, 4) is 0 Å². The fraction of sp³-hybridized carbons (Fsp3) is 0.552. The normalized spacial score (nSPS) is 15.5. The number of carbonyl (C=O) groups excluding carboxylic acids is 2. The predicted molar refractivity (Wildman–Crippen MR) is 146 cm³/mol. The minimum atomic E-state index is -0.431. The van der Waals surface area contributed by atoms with Gasteiger partial charge in [-0.1, -0.05) is 13.8 Å². The van der Waals surface area contributed by atoms with Gasteiger partial charge in [0.25, 0.3) is 5.91 Å². The number of nitrogens with one attached hydrogen (secondary N) is 1. The van der Waals surface area contributed by atoms with Gasteiger partial charge in [-0.25, -0.2) is 9.18 Å². The standard InChI is InChI=1S/C29H42FN5O2/c1-19(2)12-17-35(29(37)33-24-10-7-23(30)8-11-24)26-13-15-34(16-14-26)21(4)6-9-25-18-20(3)27(28(31)36)22(5)32-25/h7-8,10-11,18-19,21,26H,6,9,12-17H2,1-5H3,(H2,31,36)(H,33,37)/t21-/m1/s1. The Morgan fingerprint density at radius 3 is 2.35 bits per heavy atom. The molecule has 7 nitrogen and oxygen atoms in total. The van der Waals surface area contributed by atoms with Crippen LogP contribution in [0.5, 0.6) is 0 Å². The minimum absolute atomic E-state index is 0.116. The number of piperidine rings is 1. The van der Waals surface area contributed by atoms with E-state index in [2.05, 4.69) is 36.0 Å². The van der Waals surface area contributed by atoms with Crippen LogP contribution in [0.1, 0.15) is 73.8 Å². The highest BCUT2D eigenvalue weighted by molar-refractivity contribution is 5.95. The molecule has 1 aliphatic rings. The van der Waals surface area contributed by atoms with Crippen LogP contribution in [-0.2, 0) is 6.42 Å². The second kappa shape index (κ2) is 13.0. The van der Waals surface area contributed by atoms with Crippen molar-refractivity contribution in [2.75, 3.05) is 25.0 Å². The first-order chi connectivity index (χ1) is 17.5. The van der Waals surface area contributed by atoms with E-state index in [1.165, 1.54) is 12.1 Å². The van der Waals surface area contributed by atoms with Gasteiger partial charge in [0.15, 0.2) is 0 Å². The van der Waals surface area contributed by atoms with Crippen molar-refractivity contribution >= 4 is 17.6 Å². The van der Waals surface area contributed by atoms with Crippen LogP contribution in [-0.4, -0.2) is 58.4 Å². The molecule has 2 aromatic rings. The number of rotatable bonds is 10. The fourth-order valence-electron chi connectivity index (χ4n) is 5.17. The van der Waals surface area contributed by atoms with E-state index >= 15 is 0 Å². The van der Waals surface area contributed by atoms with E-state index in [1.54, 1.807) is 12.1 Å². The van der Waals surface area contributed by atoms with Gasteiger partial charge in [0.2, 0.25) is 0 Å². The van der Waals surface area contributed by atoms with E-state index in [-0.39, 0.29) is 17.9 Å². The highest BCUT2D eigenvalue weighted by atomic mass is 19.1. The molecule has 2 heterocycles.